The Balaban J connectivity index is 2.36. The lowest BCUT2D eigenvalue weighted by atomic mass is 10.1. The minimum atomic E-state index is 0.188. The third-order valence-electron chi connectivity index (χ3n) is 2.79. The summed E-state index contributed by atoms with van der Waals surface area (Å²) in [4.78, 5) is 2.33. The van der Waals surface area contributed by atoms with Gasteiger partial charge in [0.15, 0.2) is 0 Å². The van der Waals surface area contributed by atoms with E-state index in [4.69, 9.17) is 0 Å². The van der Waals surface area contributed by atoms with E-state index >= 15 is 0 Å². The molecule has 2 nitrogen and oxygen atoms in total. The monoisotopic (exact) mass is 190 g/mol. The summed E-state index contributed by atoms with van der Waals surface area (Å²) in [5.74, 6) is 0. The lowest BCUT2D eigenvalue weighted by molar-refractivity contribution is 0.401. The summed E-state index contributed by atoms with van der Waals surface area (Å²) in [6.45, 7) is 6.50. The molecule has 14 heavy (non-hydrogen) atoms. The molecule has 1 N–H and O–H groups in total. The van der Waals surface area contributed by atoms with Gasteiger partial charge < -0.3 is 10.2 Å². The predicted octanol–water partition coefficient (Wildman–Crippen LogP) is 2.00. The topological polar surface area (TPSA) is 15.3 Å². The molecule has 76 valence electrons. The second-order valence-electron chi connectivity index (χ2n) is 4.72. The van der Waals surface area contributed by atoms with Gasteiger partial charge in [-0.1, -0.05) is 18.2 Å². The number of nitrogens with one attached hydrogen (secondary N) is 1. The van der Waals surface area contributed by atoms with E-state index in [0.29, 0.717) is 0 Å². The molecule has 0 spiro atoms. The second kappa shape index (κ2) is 3.28. The van der Waals surface area contributed by atoms with Gasteiger partial charge in [-0.3, -0.25) is 0 Å². The van der Waals surface area contributed by atoms with E-state index in [1.165, 1.54) is 11.3 Å². The van der Waals surface area contributed by atoms with Gasteiger partial charge in [0.25, 0.3) is 0 Å². The van der Waals surface area contributed by atoms with Gasteiger partial charge >= 0.3 is 0 Å². The largest absolute Gasteiger partial charge is 0.373 e. The van der Waals surface area contributed by atoms with Gasteiger partial charge in [-0.05, 0) is 25.5 Å². The molecule has 0 saturated carbocycles. The molecule has 0 fully saturated rings. The number of nitrogens with zero attached hydrogens (tertiary/aromatic N) is 1. The standard InChI is InChI=1S/C12H18N2/c1-12(2)9-14(3)11-7-5-4-6-10(11)8-13-12/h4-7,13H,8-9H2,1-3H3. The summed E-state index contributed by atoms with van der Waals surface area (Å²) in [5.41, 5.74) is 2.93. The van der Waals surface area contributed by atoms with Gasteiger partial charge in [-0.2, -0.15) is 0 Å². The molecule has 0 aromatic heterocycles. The highest BCUT2D eigenvalue weighted by molar-refractivity contribution is 5.54. The number of hydrogen-bond donors (Lipinski definition) is 1. The van der Waals surface area contributed by atoms with E-state index < -0.39 is 0 Å². The Morgan fingerprint density at radius 3 is 2.79 bits per heavy atom. The molecule has 1 heterocycles. The van der Waals surface area contributed by atoms with E-state index in [1.54, 1.807) is 0 Å². The Kier molecular flexibility index (Phi) is 2.23. The normalized spacial score (nSPS) is 20.1. The number of para-hydroxylation sites is 1. The van der Waals surface area contributed by atoms with Crippen LogP contribution in [0.3, 0.4) is 0 Å². The van der Waals surface area contributed by atoms with E-state index in [9.17, 15) is 0 Å². The first-order valence-corrected chi connectivity index (χ1v) is 5.13. The highest BCUT2D eigenvalue weighted by Crippen LogP contribution is 2.24. The van der Waals surface area contributed by atoms with Gasteiger partial charge in [0, 0.05) is 31.4 Å². The molecule has 1 aromatic carbocycles. The molecule has 2 rings (SSSR count). The van der Waals surface area contributed by atoms with Crippen molar-refractivity contribution in [3.05, 3.63) is 29.8 Å². The lowest BCUT2D eigenvalue weighted by Gasteiger charge is -2.29. The molecule has 0 saturated heterocycles. The molecular weight excluding hydrogens is 172 g/mol. The Morgan fingerprint density at radius 2 is 2.00 bits per heavy atom. The maximum atomic E-state index is 3.57. The maximum Gasteiger partial charge on any atom is 0.0409 e. The molecule has 0 bridgehead atoms. The van der Waals surface area contributed by atoms with Crippen molar-refractivity contribution < 1.29 is 0 Å². The number of anilines is 1. The Morgan fingerprint density at radius 1 is 1.29 bits per heavy atom. The first-order chi connectivity index (χ1) is 6.58. The molecule has 1 aliphatic rings. The molecule has 0 radical (unpaired) electrons. The fourth-order valence-electron chi connectivity index (χ4n) is 2.10. The summed E-state index contributed by atoms with van der Waals surface area (Å²) in [7, 11) is 2.16. The highest BCUT2D eigenvalue weighted by Gasteiger charge is 2.24. The van der Waals surface area contributed by atoms with Crippen molar-refractivity contribution in [1.29, 1.82) is 0 Å². The van der Waals surface area contributed by atoms with E-state index in [1.807, 2.05) is 0 Å². The Labute approximate surface area is 85.9 Å². The third-order valence-corrected chi connectivity index (χ3v) is 2.79. The van der Waals surface area contributed by atoms with Crippen molar-refractivity contribution in [2.24, 2.45) is 0 Å². The Bertz CT molecular complexity index is 331. The number of fused-ring (bicyclic) bond motifs is 1. The van der Waals surface area contributed by atoms with Crippen molar-refractivity contribution in [2.45, 2.75) is 25.9 Å². The number of rotatable bonds is 0. The van der Waals surface area contributed by atoms with E-state index in [2.05, 4.69) is 55.4 Å². The quantitative estimate of drug-likeness (QED) is 0.673. The third kappa shape index (κ3) is 1.75. The first-order valence-electron chi connectivity index (χ1n) is 5.13. The predicted molar refractivity (Wildman–Crippen MR) is 60.6 cm³/mol. The van der Waals surface area contributed by atoms with Crippen LogP contribution >= 0.6 is 0 Å². The van der Waals surface area contributed by atoms with Gasteiger partial charge in [0.2, 0.25) is 0 Å². The van der Waals surface area contributed by atoms with Crippen LogP contribution in [0.25, 0.3) is 0 Å². The van der Waals surface area contributed by atoms with E-state index in [0.717, 1.165) is 13.1 Å². The SMILES string of the molecule is CN1CC(C)(C)NCc2ccccc21. The highest BCUT2D eigenvalue weighted by atomic mass is 15.2. The zero-order valence-corrected chi connectivity index (χ0v) is 9.17. The van der Waals surface area contributed by atoms with Crippen LogP contribution in [0.5, 0.6) is 0 Å². The molecule has 0 aliphatic carbocycles. The van der Waals surface area contributed by atoms with Crippen LogP contribution in [0.2, 0.25) is 0 Å². The van der Waals surface area contributed by atoms with Gasteiger partial charge in [-0.25, -0.2) is 0 Å². The molecule has 0 unspecified atom stereocenters. The van der Waals surface area contributed by atoms with Crippen LogP contribution in [0.15, 0.2) is 24.3 Å². The lowest BCUT2D eigenvalue weighted by Crippen LogP contribution is -2.45. The van der Waals surface area contributed by atoms with Crippen molar-refractivity contribution in [3.8, 4) is 0 Å². The average Bonchev–Trinajstić information content (AvgIpc) is 2.24. The smallest absolute Gasteiger partial charge is 0.0409 e. The number of benzene rings is 1. The van der Waals surface area contributed by atoms with Crippen LogP contribution in [-0.4, -0.2) is 19.1 Å². The van der Waals surface area contributed by atoms with Crippen molar-refractivity contribution in [3.63, 3.8) is 0 Å². The summed E-state index contributed by atoms with van der Waals surface area (Å²) in [6, 6.07) is 8.60. The maximum absolute atomic E-state index is 3.57. The number of hydrogen-bond acceptors (Lipinski definition) is 2. The molecular formula is C12H18N2. The molecule has 0 amide bonds. The molecule has 2 heteroatoms. The summed E-state index contributed by atoms with van der Waals surface area (Å²) >= 11 is 0. The van der Waals surface area contributed by atoms with Gasteiger partial charge in [0.1, 0.15) is 0 Å². The number of likely N-dealkylation sites (N-methyl/N-ethyl adjacent to an activating group) is 1. The van der Waals surface area contributed by atoms with Crippen LogP contribution in [0, 0.1) is 0 Å². The average molecular weight is 190 g/mol. The molecule has 1 aromatic rings. The fraction of sp³-hybridized carbons (Fsp3) is 0.500. The summed E-state index contributed by atoms with van der Waals surface area (Å²) in [6.07, 6.45) is 0. The molecule has 0 atom stereocenters. The molecule has 1 aliphatic heterocycles. The van der Waals surface area contributed by atoms with E-state index in [-0.39, 0.29) is 5.54 Å². The van der Waals surface area contributed by atoms with Crippen LogP contribution in [-0.2, 0) is 6.54 Å². The van der Waals surface area contributed by atoms with Crippen LogP contribution in [0.4, 0.5) is 5.69 Å². The summed E-state index contributed by atoms with van der Waals surface area (Å²) < 4.78 is 0. The van der Waals surface area contributed by atoms with Gasteiger partial charge in [-0.15, -0.1) is 0 Å². The Hall–Kier alpha value is -1.02. The van der Waals surface area contributed by atoms with Gasteiger partial charge in [0.05, 0.1) is 0 Å². The fourth-order valence-corrected chi connectivity index (χ4v) is 2.10. The van der Waals surface area contributed by atoms with Crippen molar-refractivity contribution in [1.82, 2.24) is 5.32 Å². The minimum absolute atomic E-state index is 0.188. The second-order valence-corrected chi connectivity index (χ2v) is 4.72. The minimum Gasteiger partial charge on any atom is -0.373 e. The zero-order valence-electron chi connectivity index (χ0n) is 9.17. The van der Waals surface area contributed by atoms with Crippen LogP contribution in [0.1, 0.15) is 19.4 Å². The van der Waals surface area contributed by atoms with Crippen LogP contribution < -0.4 is 10.2 Å². The first kappa shape index (κ1) is 9.53. The van der Waals surface area contributed by atoms with Crippen molar-refractivity contribution in [2.75, 3.05) is 18.5 Å². The summed E-state index contributed by atoms with van der Waals surface area (Å²) in [5, 5.41) is 3.57. The zero-order chi connectivity index (χ0) is 10.2. The van der Waals surface area contributed by atoms with Crippen molar-refractivity contribution >= 4 is 5.69 Å².